The van der Waals surface area contributed by atoms with E-state index in [2.05, 4.69) is 15.6 Å². The average molecular weight is 452 g/mol. The summed E-state index contributed by atoms with van der Waals surface area (Å²) in [6.07, 6.45) is 2.42. The Morgan fingerprint density at radius 1 is 1.06 bits per heavy atom. The van der Waals surface area contributed by atoms with E-state index in [1.165, 1.54) is 23.9 Å². The second-order valence-corrected chi connectivity index (χ2v) is 8.42. The maximum atomic E-state index is 13.1. The minimum atomic E-state index is -0.278. The van der Waals surface area contributed by atoms with Gasteiger partial charge >= 0.3 is 0 Å². The van der Waals surface area contributed by atoms with Gasteiger partial charge in [-0.3, -0.25) is 9.59 Å². The van der Waals surface area contributed by atoms with Crippen molar-refractivity contribution in [3.8, 4) is 0 Å². The number of nitrogens with one attached hydrogen (secondary N) is 2. The summed E-state index contributed by atoms with van der Waals surface area (Å²) < 4.78 is 13.1. The van der Waals surface area contributed by atoms with Gasteiger partial charge in [-0.1, -0.05) is 38.1 Å². The number of nitrogens with zero attached hydrogens (tertiary/aromatic N) is 1. The highest BCUT2D eigenvalue weighted by atomic mass is 32.2. The Hall–Kier alpha value is -3.19. The van der Waals surface area contributed by atoms with Gasteiger partial charge in [0.1, 0.15) is 10.8 Å². The van der Waals surface area contributed by atoms with Crippen LogP contribution in [0.1, 0.15) is 41.8 Å². The Bertz CT molecular complexity index is 1070. The van der Waals surface area contributed by atoms with Gasteiger partial charge in [0.15, 0.2) is 0 Å². The molecule has 166 valence electrons. The molecule has 7 heteroatoms. The fraction of sp³-hybridized carbons (Fsp3) is 0.240. The maximum absolute atomic E-state index is 13.1. The van der Waals surface area contributed by atoms with E-state index in [-0.39, 0.29) is 23.5 Å². The molecule has 1 aromatic heterocycles. The van der Waals surface area contributed by atoms with E-state index in [9.17, 15) is 14.0 Å². The summed E-state index contributed by atoms with van der Waals surface area (Å²) in [5.74, 6) is -0.00859. The van der Waals surface area contributed by atoms with Crippen molar-refractivity contribution in [2.24, 2.45) is 5.92 Å². The summed E-state index contributed by atoms with van der Waals surface area (Å²) in [5.41, 5.74) is 3.02. The van der Waals surface area contributed by atoms with Crippen molar-refractivity contribution in [1.29, 1.82) is 0 Å². The molecule has 0 aliphatic carbocycles. The number of carbonyl (C=O) groups is 2. The molecule has 3 rings (SSSR count). The molecule has 0 aliphatic heterocycles. The molecule has 0 fully saturated rings. The number of rotatable bonds is 9. The predicted molar refractivity (Wildman–Crippen MR) is 126 cm³/mol. The van der Waals surface area contributed by atoms with Crippen molar-refractivity contribution in [2.45, 2.75) is 37.6 Å². The number of benzene rings is 2. The highest BCUT2D eigenvalue weighted by molar-refractivity contribution is 7.98. The number of hydrogen-bond donors (Lipinski definition) is 2. The Balaban J connectivity index is 1.61. The van der Waals surface area contributed by atoms with Gasteiger partial charge < -0.3 is 10.6 Å². The number of hydrogen-bond acceptors (Lipinski definition) is 4. The number of thioether (sulfide) groups is 1. The number of halogens is 1. The fourth-order valence-corrected chi connectivity index (χ4v) is 3.85. The van der Waals surface area contributed by atoms with Crippen LogP contribution in [0.25, 0.3) is 0 Å². The molecule has 1 unspecified atom stereocenters. The van der Waals surface area contributed by atoms with E-state index < -0.39 is 0 Å². The predicted octanol–water partition coefficient (Wildman–Crippen LogP) is 5.43. The summed E-state index contributed by atoms with van der Waals surface area (Å²) in [6.45, 7) is 4.18. The number of anilines is 1. The molecular weight excluding hydrogens is 425 g/mol. The van der Waals surface area contributed by atoms with Crippen molar-refractivity contribution in [2.75, 3.05) is 5.32 Å². The number of amides is 2. The first-order valence-corrected chi connectivity index (χ1v) is 11.4. The van der Waals surface area contributed by atoms with Crippen LogP contribution in [0.3, 0.4) is 0 Å². The van der Waals surface area contributed by atoms with Crippen LogP contribution in [-0.2, 0) is 17.1 Å². The topological polar surface area (TPSA) is 71.1 Å². The van der Waals surface area contributed by atoms with Gasteiger partial charge in [-0.05, 0) is 53.9 Å². The first-order chi connectivity index (χ1) is 15.5. The number of pyridine rings is 1. The lowest BCUT2D eigenvalue weighted by Gasteiger charge is -2.12. The van der Waals surface area contributed by atoms with Gasteiger partial charge in [-0.25, -0.2) is 9.37 Å². The molecule has 2 aromatic carbocycles. The first kappa shape index (κ1) is 23.5. The van der Waals surface area contributed by atoms with Crippen LogP contribution in [0.15, 0.2) is 71.9 Å². The molecule has 0 bridgehead atoms. The minimum Gasteiger partial charge on any atom is -0.348 e. The Labute approximate surface area is 191 Å². The van der Waals surface area contributed by atoms with Crippen LogP contribution in [-0.4, -0.2) is 16.8 Å². The van der Waals surface area contributed by atoms with Gasteiger partial charge in [0, 0.05) is 30.1 Å². The molecule has 0 radical (unpaired) electrons. The zero-order valence-electron chi connectivity index (χ0n) is 18.1. The van der Waals surface area contributed by atoms with Gasteiger partial charge in [-0.2, -0.15) is 0 Å². The SMILES string of the molecule is CCC(C)C(=O)Nc1cccc(CNC(=O)c2cccnc2SCc2ccc(F)cc2)c1. The van der Waals surface area contributed by atoms with Crippen LogP contribution < -0.4 is 10.6 Å². The van der Waals surface area contributed by atoms with E-state index in [1.54, 1.807) is 30.5 Å². The van der Waals surface area contributed by atoms with Crippen molar-refractivity contribution >= 4 is 29.3 Å². The molecule has 3 aromatic rings. The van der Waals surface area contributed by atoms with Gasteiger partial charge in [-0.15, -0.1) is 11.8 Å². The molecular formula is C25H26FN3O2S. The van der Waals surface area contributed by atoms with Crippen LogP contribution >= 0.6 is 11.8 Å². The highest BCUT2D eigenvalue weighted by Gasteiger charge is 2.14. The largest absolute Gasteiger partial charge is 0.348 e. The minimum absolute atomic E-state index is 0.0214. The van der Waals surface area contributed by atoms with E-state index in [1.807, 2.05) is 38.1 Å². The lowest BCUT2D eigenvalue weighted by atomic mass is 10.1. The molecule has 0 saturated carbocycles. The molecule has 5 nitrogen and oxygen atoms in total. The second-order valence-electron chi connectivity index (χ2n) is 7.45. The zero-order chi connectivity index (χ0) is 22.9. The number of carbonyl (C=O) groups excluding carboxylic acids is 2. The smallest absolute Gasteiger partial charge is 0.254 e. The summed E-state index contributed by atoms with van der Waals surface area (Å²) in [6, 6.07) is 17.2. The van der Waals surface area contributed by atoms with E-state index in [4.69, 9.17) is 0 Å². The molecule has 2 N–H and O–H groups in total. The summed E-state index contributed by atoms with van der Waals surface area (Å²) >= 11 is 1.43. The van der Waals surface area contributed by atoms with Gasteiger partial charge in [0.05, 0.1) is 5.56 Å². The van der Waals surface area contributed by atoms with Crippen molar-refractivity contribution in [1.82, 2.24) is 10.3 Å². The van der Waals surface area contributed by atoms with Crippen LogP contribution in [0.2, 0.25) is 0 Å². The molecule has 1 atom stereocenters. The van der Waals surface area contributed by atoms with Crippen molar-refractivity contribution in [3.63, 3.8) is 0 Å². The molecule has 0 saturated heterocycles. The Kier molecular flexibility index (Phi) is 8.39. The number of aromatic nitrogens is 1. The Morgan fingerprint density at radius 3 is 2.59 bits per heavy atom. The second kappa shape index (κ2) is 11.4. The van der Waals surface area contributed by atoms with Crippen LogP contribution in [0.5, 0.6) is 0 Å². The average Bonchev–Trinajstić information content (AvgIpc) is 2.82. The molecule has 32 heavy (non-hydrogen) atoms. The normalized spacial score (nSPS) is 11.6. The van der Waals surface area contributed by atoms with Gasteiger partial charge in [0.25, 0.3) is 5.91 Å². The lowest BCUT2D eigenvalue weighted by molar-refractivity contribution is -0.119. The third-order valence-corrected chi connectivity index (χ3v) is 6.09. The van der Waals surface area contributed by atoms with Gasteiger partial charge in [0.2, 0.25) is 5.91 Å². The summed E-state index contributed by atoms with van der Waals surface area (Å²) in [7, 11) is 0. The van der Waals surface area contributed by atoms with Crippen molar-refractivity contribution < 1.29 is 14.0 Å². The summed E-state index contributed by atoms with van der Waals surface area (Å²) in [4.78, 5) is 29.3. The third kappa shape index (κ3) is 6.65. The first-order valence-electron chi connectivity index (χ1n) is 10.5. The lowest BCUT2D eigenvalue weighted by Crippen LogP contribution is -2.24. The summed E-state index contributed by atoms with van der Waals surface area (Å²) in [5, 5.41) is 6.44. The van der Waals surface area contributed by atoms with Crippen molar-refractivity contribution in [3.05, 3.63) is 89.4 Å². The highest BCUT2D eigenvalue weighted by Crippen LogP contribution is 2.24. The standard InChI is InChI=1S/C25H26FN3O2S/c1-3-17(2)23(30)29-21-7-4-6-19(14-21)15-28-24(31)22-8-5-13-27-25(22)32-16-18-9-11-20(26)12-10-18/h4-14,17H,3,15-16H2,1-2H3,(H,28,31)(H,29,30). The van der Waals surface area contributed by atoms with Crippen LogP contribution in [0, 0.1) is 11.7 Å². The molecule has 0 spiro atoms. The molecule has 2 amide bonds. The Morgan fingerprint density at radius 2 is 1.84 bits per heavy atom. The quantitative estimate of drug-likeness (QED) is 0.426. The third-order valence-electron chi connectivity index (χ3n) is 5.01. The van der Waals surface area contributed by atoms with E-state index in [0.717, 1.165) is 17.5 Å². The molecule has 0 aliphatic rings. The van der Waals surface area contributed by atoms with Crippen LogP contribution in [0.4, 0.5) is 10.1 Å². The van der Waals surface area contributed by atoms with E-state index in [0.29, 0.717) is 28.6 Å². The molecule has 1 heterocycles. The maximum Gasteiger partial charge on any atom is 0.254 e. The fourth-order valence-electron chi connectivity index (χ4n) is 2.90. The monoisotopic (exact) mass is 451 g/mol. The van der Waals surface area contributed by atoms with E-state index >= 15 is 0 Å². The zero-order valence-corrected chi connectivity index (χ0v) is 18.9.